The number of aromatic nitrogens is 1. The lowest BCUT2D eigenvalue weighted by atomic mass is 10.2. The minimum atomic E-state index is 0.909. The van der Waals surface area contributed by atoms with E-state index in [-0.39, 0.29) is 0 Å². The summed E-state index contributed by atoms with van der Waals surface area (Å²) < 4.78 is 0. The lowest BCUT2D eigenvalue weighted by Gasteiger charge is -1.96. The van der Waals surface area contributed by atoms with Gasteiger partial charge in [0.25, 0.3) is 0 Å². The fraction of sp³-hybridized carbons (Fsp3) is 0.250. The van der Waals surface area contributed by atoms with Crippen LogP contribution in [0.5, 0.6) is 0 Å². The van der Waals surface area contributed by atoms with Gasteiger partial charge in [-0.1, -0.05) is 30.3 Å². The highest BCUT2D eigenvalue weighted by atomic mass is 32.1. The highest BCUT2D eigenvalue weighted by Crippen LogP contribution is 2.16. The SMILES string of the molecule is CNCc1cnc(Cc2ccccc2)s1. The topological polar surface area (TPSA) is 24.9 Å². The van der Waals surface area contributed by atoms with E-state index in [1.165, 1.54) is 15.4 Å². The second-order valence-electron chi connectivity index (χ2n) is 3.41. The smallest absolute Gasteiger partial charge is 0.0971 e. The molecule has 0 saturated heterocycles. The van der Waals surface area contributed by atoms with E-state index in [2.05, 4.69) is 34.6 Å². The van der Waals surface area contributed by atoms with Crippen molar-refractivity contribution in [3.8, 4) is 0 Å². The minimum Gasteiger partial charge on any atom is -0.315 e. The Morgan fingerprint density at radius 2 is 2.07 bits per heavy atom. The van der Waals surface area contributed by atoms with Crippen molar-refractivity contribution in [2.24, 2.45) is 0 Å². The third kappa shape index (κ3) is 2.88. The van der Waals surface area contributed by atoms with E-state index in [1.807, 2.05) is 19.3 Å². The third-order valence-corrected chi connectivity index (χ3v) is 3.15. The van der Waals surface area contributed by atoms with Crippen LogP contribution in [0.1, 0.15) is 15.4 Å². The first kappa shape index (κ1) is 10.3. The molecule has 2 rings (SSSR count). The van der Waals surface area contributed by atoms with Gasteiger partial charge >= 0.3 is 0 Å². The third-order valence-electron chi connectivity index (χ3n) is 2.15. The molecule has 0 spiro atoms. The fourth-order valence-corrected chi connectivity index (χ4v) is 2.43. The van der Waals surface area contributed by atoms with Crippen LogP contribution in [-0.2, 0) is 13.0 Å². The van der Waals surface area contributed by atoms with Gasteiger partial charge < -0.3 is 5.32 Å². The van der Waals surface area contributed by atoms with Crippen molar-refractivity contribution in [2.45, 2.75) is 13.0 Å². The van der Waals surface area contributed by atoms with E-state index in [0.717, 1.165) is 13.0 Å². The van der Waals surface area contributed by atoms with Crippen molar-refractivity contribution in [3.63, 3.8) is 0 Å². The molecule has 0 aliphatic rings. The average molecular weight is 218 g/mol. The highest BCUT2D eigenvalue weighted by molar-refractivity contribution is 7.11. The molecule has 1 aromatic heterocycles. The van der Waals surface area contributed by atoms with Gasteiger partial charge in [-0.3, -0.25) is 0 Å². The van der Waals surface area contributed by atoms with Gasteiger partial charge in [0.2, 0.25) is 0 Å². The van der Waals surface area contributed by atoms with E-state index in [4.69, 9.17) is 0 Å². The molecule has 2 nitrogen and oxygen atoms in total. The summed E-state index contributed by atoms with van der Waals surface area (Å²) in [6.45, 7) is 0.909. The first-order chi connectivity index (χ1) is 7.38. The van der Waals surface area contributed by atoms with Crippen LogP contribution in [-0.4, -0.2) is 12.0 Å². The number of nitrogens with zero attached hydrogens (tertiary/aromatic N) is 1. The number of hydrogen-bond acceptors (Lipinski definition) is 3. The molecule has 1 heterocycles. The van der Waals surface area contributed by atoms with Crippen LogP contribution in [0.25, 0.3) is 0 Å². The summed E-state index contributed by atoms with van der Waals surface area (Å²) in [5.41, 5.74) is 1.32. The molecular formula is C12H14N2S. The normalized spacial score (nSPS) is 10.5. The molecule has 0 saturated carbocycles. The Balaban J connectivity index is 2.05. The van der Waals surface area contributed by atoms with E-state index < -0.39 is 0 Å². The van der Waals surface area contributed by atoms with E-state index in [1.54, 1.807) is 11.3 Å². The molecule has 2 aromatic rings. The van der Waals surface area contributed by atoms with Crippen molar-refractivity contribution in [1.29, 1.82) is 0 Å². The van der Waals surface area contributed by atoms with E-state index >= 15 is 0 Å². The summed E-state index contributed by atoms with van der Waals surface area (Å²) in [4.78, 5) is 5.70. The molecule has 0 radical (unpaired) electrons. The van der Waals surface area contributed by atoms with Gasteiger partial charge in [0.05, 0.1) is 5.01 Å². The molecule has 78 valence electrons. The molecule has 1 aromatic carbocycles. The van der Waals surface area contributed by atoms with Crippen LogP contribution in [0, 0.1) is 0 Å². The maximum absolute atomic E-state index is 4.41. The van der Waals surface area contributed by atoms with Crippen molar-refractivity contribution in [2.75, 3.05) is 7.05 Å². The molecule has 1 N–H and O–H groups in total. The fourth-order valence-electron chi connectivity index (χ4n) is 1.46. The van der Waals surface area contributed by atoms with Crippen LogP contribution < -0.4 is 5.32 Å². The molecule has 0 amide bonds. The number of rotatable bonds is 4. The molecule has 0 aliphatic heterocycles. The van der Waals surface area contributed by atoms with Crippen molar-refractivity contribution in [1.82, 2.24) is 10.3 Å². The van der Waals surface area contributed by atoms with Crippen molar-refractivity contribution < 1.29 is 0 Å². The number of hydrogen-bond donors (Lipinski definition) is 1. The van der Waals surface area contributed by atoms with Gasteiger partial charge in [0, 0.05) is 24.0 Å². The number of benzene rings is 1. The van der Waals surface area contributed by atoms with E-state index in [9.17, 15) is 0 Å². The maximum atomic E-state index is 4.41. The Morgan fingerprint density at radius 3 is 2.80 bits per heavy atom. The Bertz CT molecular complexity index is 409. The second-order valence-corrected chi connectivity index (χ2v) is 4.61. The van der Waals surface area contributed by atoms with Crippen molar-refractivity contribution >= 4 is 11.3 Å². The summed E-state index contributed by atoms with van der Waals surface area (Å²) >= 11 is 1.78. The molecule has 15 heavy (non-hydrogen) atoms. The summed E-state index contributed by atoms with van der Waals surface area (Å²) in [6.07, 6.45) is 2.90. The molecule has 0 bridgehead atoms. The minimum absolute atomic E-state index is 0.909. The van der Waals surface area contributed by atoms with Gasteiger partial charge in [0.15, 0.2) is 0 Å². The van der Waals surface area contributed by atoms with Crippen molar-refractivity contribution in [3.05, 3.63) is 52.0 Å². The molecule has 0 atom stereocenters. The Kier molecular flexibility index (Phi) is 3.48. The molecule has 0 aliphatic carbocycles. The lowest BCUT2D eigenvalue weighted by Crippen LogP contribution is -2.02. The zero-order valence-corrected chi connectivity index (χ0v) is 9.55. The standard InChI is InChI=1S/C12H14N2S/c1-13-8-11-9-14-12(15-11)7-10-5-3-2-4-6-10/h2-6,9,13H,7-8H2,1H3. The largest absolute Gasteiger partial charge is 0.315 e. The molecule has 0 fully saturated rings. The zero-order chi connectivity index (χ0) is 10.5. The molecule has 3 heteroatoms. The van der Waals surface area contributed by atoms with E-state index in [0.29, 0.717) is 0 Å². The monoisotopic (exact) mass is 218 g/mol. The summed E-state index contributed by atoms with van der Waals surface area (Å²) in [5, 5.41) is 4.32. The molecule has 0 unspecified atom stereocenters. The summed E-state index contributed by atoms with van der Waals surface area (Å²) in [6, 6.07) is 10.4. The van der Waals surface area contributed by atoms with Crippen LogP contribution in [0.3, 0.4) is 0 Å². The van der Waals surface area contributed by atoms with Crippen LogP contribution in [0.4, 0.5) is 0 Å². The highest BCUT2D eigenvalue weighted by Gasteiger charge is 2.01. The first-order valence-corrected chi connectivity index (χ1v) is 5.82. The van der Waals surface area contributed by atoms with Gasteiger partial charge in [-0.05, 0) is 12.6 Å². The lowest BCUT2D eigenvalue weighted by molar-refractivity contribution is 0.829. The van der Waals surface area contributed by atoms with Gasteiger partial charge in [-0.15, -0.1) is 11.3 Å². The van der Waals surface area contributed by atoms with Crippen LogP contribution in [0.15, 0.2) is 36.5 Å². The van der Waals surface area contributed by atoms with Crippen LogP contribution in [0.2, 0.25) is 0 Å². The summed E-state index contributed by atoms with van der Waals surface area (Å²) in [7, 11) is 1.95. The first-order valence-electron chi connectivity index (χ1n) is 5.00. The maximum Gasteiger partial charge on any atom is 0.0971 e. The number of nitrogens with one attached hydrogen (secondary N) is 1. The number of thiazole rings is 1. The summed E-state index contributed by atoms with van der Waals surface area (Å²) in [5.74, 6) is 0. The predicted molar refractivity (Wildman–Crippen MR) is 64.1 cm³/mol. The van der Waals surface area contributed by atoms with Crippen LogP contribution >= 0.6 is 11.3 Å². The Hall–Kier alpha value is -1.19. The Labute approximate surface area is 94.0 Å². The Morgan fingerprint density at radius 1 is 1.27 bits per heavy atom. The predicted octanol–water partition coefficient (Wildman–Crippen LogP) is 2.45. The molecular weight excluding hydrogens is 204 g/mol. The van der Waals surface area contributed by atoms with Gasteiger partial charge in [-0.2, -0.15) is 0 Å². The zero-order valence-electron chi connectivity index (χ0n) is 8.73. The quantitative estimate of drug-likeness (QED) is 0.852. The van der Waals surface area contributed by atoms with Gasteiger partial charge in [-0.25, -0.2) is 4.98 Å². The average Bonchev–Trinajstić information content (AvgIpc) is 2.68. The van der Waals surface area contributed by atoms with Gasteiger partial charge in [0.1, 0.15) is 0 Å². The second kappa shape index (κ2) is 5.05.